The molecule has 1 amide bonds. The molecule has 23 heavy (non-hydrogen) atoms. The summed E-state index contributed by atoms with van der Waals surface area (Å²) in [6.07, 6.45) is 2.81. The third-order valence-corrected chi connectivity index (χ3v) is 4.07. The van der Waals surface area contributed by atoms with Gasteiger partial charge in [0.15, 0.2) is 0 Å². The molecule has 0 aliphatic carbocycles. The molecular weight excluding hydrogens is 410 g/mol. The molecule has 0 unspecified atom stereocenters. The van der Waals surface area contributed by atoms with Crippen molar-refractivity contribution in [3.8, 4) is 0 Å². The zero-order valence-electron chi connectivity index (χ0n) is 12.2. The first-order valence-corrected chi connectivity index (χ1v) is 7.93. The number of amides is 1. The van der Waals surface area contributed by atoms with Gasteiger partial charge in [0.2, 0.25) is 5.95 Å². The minimum atomic E-state index is -0.579. The molecule has 1 aromatic carbocycles. The van der Waals surface area contributed by atoms with Gasteiger partial charge in [-0.2, -0.15) is 4.39 Å². The Labute approximate surface area is 145 Å². The molecule has 7 heteroatoms. The largest absolute Gasteiger partial charge is 0.346 e. The van der Waals surface area contributed by atoms with Crippen molar-refractivity contribution in [1.29, 1.82) is 0 Å². The average molecular weight is 422 g/mol. The lowest BCUT2D eigenvalue weighted by Gasteiger charge is -2.08. The maximum Gasteiger partial charge on any atom is 0.271 e. The van der Waals surface area contributed by atoms with Crippen molar-refractivity contribution in [2.75, 3.05) is 0 Å². The Balaban J connectivity index is 1.79. The average Bonchev–Trinajstić information content (AvgIpc) is 2.53. The van der Waals surface area contributed by atoms with E-state index in [2.05, 4.69) is 42.9 Å². The van der Waals surface area contributed by atoms with Gasteiger partial charge in [-0.05, 0) is 59.3 Å². The molecule has 0 spiro atoms. The zero-order chi connectivity index (χ0) is 16.4. The molecule has 0 atom stereocenters. The fourth-order valence-electron chi connectivity index (χ4n) is 2.12. The Morgan fingerprint density at radius 3 is 2.87 bits per heavy atom. The van der Waals surface area contributed by atoms with Gasteiger partial charge in [-0.15, -0.1) is 0 Å². The van der Waals surface area contributed by atoms with E-state index < -0.39 is 11.9 Å². The molecule has 0 saturated carbocycles. The third-order valence-electron chi connectivity index (χ3n) is 3.40. The van der Waals surface area contributed by atoms with Gasteiger partial charge >= 0.3 is 0 Å². The number of hydrogen-bond acceptors (Lipinski definition) is 4. The molecule has 0 fully saturated rings. The van der Waals surface area contributed by atoms with Gasteiger partial charge in [0.1, 0.15) is 5.69 Å². The number of benzene rings is 1. The molecule has 1 N–H and O–H groups in total. The van der Waals surface area contributed by atoms with Gasteiger partial charge in [0.25, 0.3) is 5.91 Å². The Hall–Kier alpha value is -2.16. The molecule has 2 aromatic heterocycles. The minimum Gasteiger partial charge on any atom is -0.346 e. The van der Waals surface area contributed by atoms with Crippen LogP contribution in [-0.2, 0) is 6.54 Å². The zero-order valence-corrected chi connectivity index (χ0v) is 14.3. The molecule has 116 valence electrons. The van der Waals surface area contributed by atoms with Gasteiger partial charge in [-0.25, -0.2) is 9.97 Å². The molecule has 0 saturated heterocycles. The van der Waals surface area contributed by atoms with Crippen molar-refractivity contribution in [2.45, 2.75) is 13.5 Å². The number of nitrogens with zero attached hydrogens (tertiary/aromatic N) is 3. The first-order chi connectivity index (χ1) is 11.0. The predicted molar refractivity (Wildman–Crippen MR) is 92.4 cm³/mol. The van der Waals surface area contributed by atoms with Crippen molar-refractivity contribution >= 4 is 39.5 Å². The minimum absolute atomic E-state index is 0.0523. The standard InChI is InChI=1S/C16H12FIN4O/c1-9-4-5-19-15(17)11(9)7-21-16(23)14-8-20-13-6-10(18)2-3-12(13)22-14/h2-6,8H,7H2,1H3,(H,21,23). The summed E-state index contributed by atoms with van der Waals surface area (Å²) in [5.74, 6) is -0.981. The molecule has 0 aliphatic rings. The second-order valence-corrected chi connectivity index (χ2v) is 6.21. The van der Waals surface area contributed by atoms with E-state index >= 15 is 0 Å². The van der Waals surface area contributed by atoms with E-state index in [4.69, 9.17) is 0 Å². The van der Waals surface area contributed by atoms with E-state index in [1.54, 1.807) is 13.0 Å². The fourth-order valence-corrected chi connectivity index (χ4v) is 2.60. The third kappa shape index (κ3) is 3.44. The number of aromatic nitrogens is 3. The van der Waals surface area contributed by atoms with Crippen LogP contribution in [0.15, 0.2) is 36.7 Å². The number of hydrogen-bond donors (Lipinski definition) is 1. The van der Waals surface area contributed by atoms with Crippen LogP contribution in [0.25, 0.3) is 11.0 Å². The van der Waals surface area contributed by atoms with Crippen LogP contribution in [0.2, 0.25) is 0 Å². The Morgan fingerprint density at radius 1 is 1.26 bits per heavy atom. The summed E-state index contributed by atoms with van der Waals surface area (Å²) >= 11 is 2.19. The quantitative estimate of drug-likeness (QED) is 0.521. The van der Waals surface area contributed by atoms with Crippen LogP contribution >= 0.6 is 22.6 Å². The number of aryl methyl sites for hydroxylation is 1. The molecular formula is C16H12FIN4O. The van der Waals surface area contributed by atoms with E-state index in [9.17, 15) is 9.18 Å². The number of fused-ring (bicyclic) bond motifs is 1. The van der Waals surface area contributed by atoms with Crippen molar-refractivity contribution < 1.29 is 9.18 Å². The van der Waals surface area contributed by atoms with E-state index in [1.807, 2.05) is 18.2 Å². The summed E-state index contributed by atoms with van der Waals surface area (Å²) in [5, 5.41) is 2.65. The van der Waals surface area contributed by atoms with Gasteiger partial charge in [0.05, 0.1) is 17.2 Å². The van der Waals surface area contributed by atoms with Crippen molar-refractivity contribution in [2.24, 2.45) is 0 Å². The van der Waals surface area contributed by atoms with Crippen LogP contribution < -0.4 is 5.32 Å². The van der Waals surface area contributed by atoms with Gasteiger partial charge < -0.3 is 5.32 Å². The summed E-state index contributed by atoms with van der Waals surface area (Å²) < 4.78 is 14.7. The normalized spacial score (nSPS) is 10.7. The van der Waals surface area contributed by atoms with Crippen molar-refractivity contribution in [3.63, 3.8) is 0 Å². The van der Waals surface area contributed by atoms with Crippen molar-refractivity contribution in [3.05, 3.63) is 63.0 Å². The van der Waals surface area contributed by atoms with Crippen LogP contribution in [0.4, 0.5) is 4.39 Å². The highest BCUT2D eigenvalue weighted by Gasteiger charge is 2.12. The lowest BCUT2D eigenvalue weighted by Crippen LogP contribution is -2.25. The first-order valence-electron chi connectivity index (χ1n) is 6.85. The fraction of sp³-hybridized carbons (Fsp3) is 0.125. The lowest BCUT2D eigenvalue weighted by molar-refractivity contribution is 0.0945. The SMILES string of the molecule is Cc1ccnc(F)c1CNC(=O)c1cnc2cc(I)ccc2n1. The second kappa shape index (κ2) is 6.53. The highest BCUT2D eigenvalue weighted by atomic mass is 127. The first kappa shape index (κ1) is 15.7. The van der Waals surface area contributed by atoms with Crippen LogP contribution in [0, 0.1) is 16.4 Å². The van der Waals surface area contributed by atoms with E-state index in [1.165, 1.54) is 12.4 Å². The Kier molecular flexibility index (Phi) is 4.46. The maximum absolute atomic E-state index is 13.7. The Morgan fingerprint density at radius 2 is 2.09 bits per heavy atom. The van der Waals surface area contributed by atoms with Gasteiger partial charge in [0, 0.05) is 21.9 Å². The predicted octanol–water partition coefficient (Wildman–Crippen LogP) is 3.01. The monoisotopic (exact) mass is 422 g/mol. The van der Waals surface area contributed by atoms with Crippen LogP contribution in [-0.4, -0.2) is 20.9 Å². The van der Waals surface area contributed by atoms with E-state index in [0.717, 1.165) is 14.7 Å². The summed E-state index contributed by atoms with van der Waals surface area (Å²) in [7, 11) is 0. The number of rotatable bonds is 3. The molecule has 3 rings (SSSR count). The highest BCUT2D eigenvalue weighted by molar-refractivity contribution is 14.1. The van der Waals surface area contributed by atoms with Gasteiger partial charge in [-0.3, -0.25) is 9.78 Å². The maximum atomic E-state index is 13.7. The molecule has 0 aliphatic heterocycles. The second-order valence-electron chi connectivity index (χ2n) is 4.97. The number of halogens is 2. The summed E-state index contributed by atoms with van der Waals surface area (Å²) in [4.78, 5) is 24.3. The van der Waals surface area contributed by atoms with Gasteiger partial charge in [-0.1, -0.05) is 0 Å². The Bertz CT molecular complexity index is 880. The topological polar surface area (TPSA) is 67.8 Å². The number of carbonyl (C=O) groups excluding carboxylic acids is 1. The molecule has 5 nitrogen and oxygen atoms in total. The van der Waals surface area contributed by atoms with Crippen LogP contribution in [0.3, 0.4) is 0 Å². The summed E-state index contributed by atoms with van der Waals surface area (Å²) in [5.41, 5.74) is 2.66. The lowest BCUT2D eigenvalue weighted by atomic mass is 10.1. The summed E-state index contributed by atoms with van der Waals surface area (Å²) in [6, 6.07) is 7.29. The summed E-state index contributed by atoms with van der Waals surface area (Å²) in [6.45, 7) is 1.82. The smallest absolute Gasteiger partial charge is 0.271 e. The number of nitrogens with one attached hydrogen (secondary N) is 1. The van der Waals surface area contributed by atoms with E-state index in [-0.39, 0.29) is 12.2 Å². The van der Waals surface area contributed by atoms with Crippen molar-refractivity contribution in [1.82, 2.24) is 20.3 Å². The van der Waals surface area contributed by atoms with E-state index in [0.29, 0.717) is 11.1 Å². The molecule has 2 heterocycles. The highest BCUT2D eigenvalue weighted by Crippen LogP contribution is 2.14. The van der Waals surface area contributed by atoms with Crippen LogP contribution in [0.5, 0.6) is 0 Å². The number of pyridine rings is 1. The number of carbonyl (C=O) groups is 1. The molecule has 3 aromatic rings. The van der Waals surface area contributed by atoms with Crippen LogP contribution in [0.1, 0.15) is 21.6 Å². The molecule has 0 radical (unpaired) electrons. The molecule has 0 bridgehead atoms.